The van der Waals surface area contributed by atoms with Crippen molar-refractivity contribution >= 4 is 11.2 Å². The normalized spacial score (nSPS) is 19.3. The predicted octanol–water partition coefficient (Wildman–Crippen LogP) is 1.77. The Kier molecular flexibility index (Phi) is 3.27. The maximum Gasteiger partial charge on any atom is 0.171 e. The molecule has 5 rings (SSSR count). The van der Waals surface area contributed by atoms with Gasteiger partial charge >= 0.3 is 0 Å². The zero-order valence-corrected chi connectivity index (χ0v) is 14.4. The van der Waals surface area contributed by atoms with Crippen LogP contribution in [-0.4, -0.2) is 32.5 Å². The van der Waals surface area contributed by atoms with E-state index in [2.05, 4.69) is 33.0 Å². The number of hydrogen-bond acceptors (Lipinski definition) is 5. The molecule has 0 spiro atoms. The molecule has 0 amide bonds. The average molecular weight is 351 g/mol. The molecule has 3 aromatic rings. The first-order valence-corrected chi connectivity index (χ1v) is 8.78. The number of nitrogens with zero attached hydrogens (tertiary/aromatic N) is 6. The van der Waals surface area contributed by atoms with Gasteiger partial charge in [0.2, 0.25) is 0 Å². The first kappa shape index (κ1) is 15.3. The quantitative estimate of drug-likeness (QED) is 0.723. The van der Waals surface area contributed by atoms with Crippen LogP contribution in [0.5, 0.6) is 0 Å². The second kappa shape index (κ2) is 5.54. The van der Waals surface area contributed by atoms with Crippen molar-refractivity contribution in [1.29, 1.82) is 5.26 Å². The van der Waals surface area contributed by atoms with Crippen LogP contribution >= 0.6 is 0 Å². The van der Waals surface area contributed by atoms with Gasteiger partial charge in [-0.2, -0.15) is 15.5 Å². The minimum absolute atomic E-state index is 0.249. The second-order valence-electron chi connectivity index (χ2n) is 6.96. The van der Waals surface area contributed by atoms with Crippen molar-refractivity contribution in [3.05, 3.63) is 46.8 Å². The van der Waals surface area contributed by atoms with E-state index in [0.717, 1.165) is 37.6 Å². The smallest absolute Gasteiger partial charge is 0.171 e. The van der Waals surface area contributed by atoms with E-state index in [0.29, 0.717) is 17.8 Å². The van der Waals surface area contributed by atoms with Gasteiger partial charge in [0.05, 0.1) is 29.8 Å². The summed E-state index contributed by atoms with van der Waals surface area (Å²) < 4.78 is 17.9. The molecule has 3 aromatic heterocycles. The maximum atomic E-state index is 14.4. The molecule has 132 valence electrons. The van der Waals surface area contributed by atoms with Crippen LogP contribution in [-0.2, 0) is 19.6 Å². The summed E-state index contributed by atoms with van der Waals surface area (Å²) in [6, 6.07) is 5.59. The van der Waals surface area contributed by atoms with E-state index in [1.165, 1.54) is 22.0 Å². The highest BCUT2D eigenvalue weighted by Gasteiger charge is 2.31. The van der Waals surface area contributed by atoms with E-state index < -0.39 is 5.82 Å². The first-order valence-electron chi connectivity index (χ1n) is 8.78. The molecule has 0 saturated heterocycles. The summed E-state index contributed by atoms with van der Waals surface area (Å²) in [5, 5.41) is 21.5. The number of aromatic nitrogens is 4. The minimum Gasteiger partial charge on any atom is -0.365 e. The molecular weight excluding hydrogens is 333 g/mol. The number of rotatable bonds is 1. The SMILES string of the molecule is CC1CN(c2ccc(C#N)n3ncc(F)c23)Cc2c1nn1c2CNCC1. The van der Waals surface area contributed by atoms with Crippen LogP contribution in [0.1, 0.15) is 35.5 Å². The van der Waals surface area contributed by atoms with Crippen molar-refractivity contribution in [1.82, 2.24) is 24.7 Å². The van der Waals surface area contributed by atoms with Crippen LogP contribution in [0.4, 0.5) is 10.1 Å². The van der Waals surface area contributed by atoms with Crippen molar-refractivity contribution in [3.63, 3.8) is 0 Å². The fourth-order valence-electron chi connectivity index (χ4n) is 4.14. The fraction of sp³-hybridized carbons (Fsp3) is 0.389. The second-order valence-corrected chi connectivity index (χ2v) is 6.96. The molecule has 0 fully saturated rings. The number of halogens is 1. The predicted molar refractivity (Wildman–Crippen MR) is 93.3 cm³/mol. The van der Waals surface area contributed by atoms with Gasteiger partial charge in [0.15, 0.2) is 5.82 Å². The highest BCUT2D eigenvalue weighted by molar-refractivity contribution is 5.75. The lowest BCUT2D eigenvalue weighted by atomic mass is 9.95. The molecule has 0 radical (unpaired) electrons. The van der Waals surface area contributed by atoms with Gasteiger partial charge in [-0.3, -0.25) is 4.68 Å². The molecule has 26 heavy (non-hydrogen) atoms. The van der Waals surface area contributed by atoms with Gasteiger partial charge in [0.1, 0.15) is 17.3 Å². The first-order chi connectivity index (χ1) is 12.7. The van der Waals surface area contributed by atoms with E-state index in [-0.39, 0.29) is 5.92 Å². The highest BCUT2D eigenvalue weighted by atomic mass is 19.1. The van der Waals surface area contributed by atoms with Gasteiger partial charge in [-0.15, -0.1) is 0 Å². The monoisotopic (exact) mass is 351 g/mol. The summed E-state index contributed by atoms with van der Waals surface area (Å²) >= 11 is 0. The van der Waals surface area contributed by atoms with Gasteiger partial charge in [0.25, 0.3) is 0 Å². The summed E-state index contributed by atoms with van der Waals surface area (Å²) in [6.45, 7) is 6.22. The molecular formula is C18H18FN7. The topological polar surface area (TPSA) is 74.2 Å². The lowest BCUT2D eigenvalue weighted by Crippen LogP contribution is -2.34. The van der Waals surface area contributed by atoms with Gasteiger partial charge < -0.3 is 10.2 Å². The summed E-state index contributed by atoms with van der Waals surface area (Å²) in [6.07, 6.45) is 1.17. The molecule has 0 bridgehead atoms. The lowest BCUT2D eigenvalue weighted by molar-refractivity contribution is 0.471. The third-order valence-corrected chi connectivity index (χ3v) is 5.35. The minimum atomic E-state index is -0.408. The molecule has 8 heteroatoms. The Morgan fingerprint density at radius 1 is 1.38 bits per heavy atom. The number of nitrogens with one attached hydrogen (secondary N) is 1. The molecule has 1 N–H and O–H groups in total. The molecule has 2 aliphatic heterocycles. The molecule has 1 atom stereocenters. The van der Waals surface area contributed by atoms with E-state index in [4.69, 9.17) is 5.10 Å². The van der Waals surface area contributed by atoms with Gasteiger partial charge in [-0.1, -0.05) is 6.92 Å². The number of anilines is 1. The van der Waals surface area contributed by atoms with Crippen molar-refractivity contribution in [2.75, 3.05) is 18.0 Å². The Bertz CT molecular complexity index is 1060. The van der Waals surface area contributed by atoms with E-state index in [9.17, 15) is 9.65 Å². The lowest BCUT2D eigenvalue weighted by Gasteiger charge is -2.33. The molecule has 0 aliphatic carbocycles. The highest BCUT2D eigenvalue weighted by Crippen LogP contribution is 2.35. The molecule has 2 aliphatic rings. The third-order valence-electron chi connectivity index (χ3n) is 5.35. The van der Waals surface area contributed by atoms with E-state index >= 15 is 0 Å². The maximum absolute atomic E-state index is 14.4. The zero-order valence-electron chi connectivity index (χ0n) is 14.4. The third kappa shape index (κ3) is 2.07. The number of fused-ring (bicyclic) bond motifs is 4. The fourth-order valence-corrected chi connectivity index (χ4v) is 4.14. The van der Waals surface area contributed by atoms with E-state index in [1.807, 2.05) is 6.07 Å². The number of pyridine rings is 1. The zero-order chi connectivity index (χ0) is 17.8. The van der Waals surface area contributed by atoms with Crippen LogP contribution in [0.3, 0.4) is 0 Å². The molecule has 7 nitrogen and oxygen atoms in total. The molecule has 0 aromatic carbocycles. The summed E-state index contributed by atoms with van der Waals surface area (Å²) in [5.41, 5.74) is 5.06. The summed E-state index contributed by atoms with van der Waals surface area (Å²) in [7, 11) is 0. The van der Waals surface area contributed by atoms with Crippen molar-refractivity contribution in [3.8, 4) is 6.07 Å². The largest absolute Gasteiger partial charge is 0.365 e. The van der Waals surface area contributed by atoms with Gasteiger partial charge in [-0.25, -0.2) is 8.91 Å². The van der Waals surface area contributed by atoms with Crippen LogP contribution in [0, 0.1) is 17.1 Å². The van der Waals surface area contributed by atoms with Crippen LogP contribution in [0.2, 0.25) is 0 Å². The number of nitriles is 1. The van der Waals surface area contributed by atoms with E-state index in [1.54, 1.807) is 6.07 Å². The standard InChI is InChI=1S/C18H18FN7/c1-11-9-24(10-13-16-8-21-4-5-25(16)23-17(11)13)15-3-2-12(6-20)26-18(15)14(19)7-22-26/h2-3,7,11,21H,4-5,8-10H2,1H3. The number of hydrogen-bond donors (Lipinski definition) is 1. The van der Waals surface area contributed by atoms with Gasteiger partial charge in [-0.05, 0) is 12.1 Å². The molecule has 0 saturated carbocycles. The Hall–Kier alpha value is -2.92. The van der Waals surface area contributed by atoms with Crippen molar-refractivity contribution in [2.24, 2.45) is 0 Å². The molecule has 5 heterocycles. The van der Waals surface area contributed by atoms with Crippen LogP contribution in [0.25, 0.3) is 5.52 Å². The van der Waals surface area contributed by atoms with Crippen LogP contribution < -0.4 is 10.2 Å². The molecule has 1 unspecified atom stereocenters. The Morgan fingerprint density at radius 3 is 3.12 bits per heavy atom. The van der Waals surface area contributed by atoms with Crippen molar-refractivity contribution < 1.29 is 4.39 Å². The van der Waals surface area contributed by atoms with Crippen molar-refractivity contribution in [2.45, 2.75) is 32.5 Å². The Balaban J connectivity index is 1.63. The Labute approximate surface area is 149 Å². The van der Waals surface area contributed by atoms with Crippen LogP contribution in [0.15, 0.2) is 18.3 Å². The summed E-state index contributed by atoms with van der Waals surface area (Å²) in [4.78, 5) is 2.17. The Morgan fingerprint density at radius 2 is 2.27 bits per heavy atom. The summed E-state index contributed by atoms with van der Waals surface area (Å²) in [5.74, 6) is -0.159. The average Bonchev–Trinajstić information content (AvgIpc) is 3.23. The van der Waals surface area contributed by atoms with Gasteiger partial charge in [0, 0.05) is 37.7 Å².